The molecule has 0 aromatic carbocycles. The van der Waals surface area contributed by atoms with Gasteiger partial charge >= 0.3 is 0 Å². The maximum absolute atomic E-state index is 12.5. The predicted octanol–water partition coefficient (Wildman–Crippen LogP) is 3.13. The fraction of sp³-hybridized carbons (Fsp3) is 0.500. The molecule has 0 spiro atoms. The summed E-state index contributed by atoms with van der Waals surface area (Å²) in [7, 11) is -1.59. The number of anilines is 1. The molecule has 0 bridgehead atoms. The topological polar surface area (TPSA) is 82.5 Å². The van der Waals surface area contributed by atoms with Crippen molar-refractivity contribution in [3.05, 3.63) is 41.0 Å². The normalized spacial score (nSPS) is 21.7. The van der Waals surface area contributed by atoms with Crippen LogP contribution in [0.2, 0.25) is 4.34 Å². The fourth-order valence-electron chi connectivity index (χ4n) is 3.66. The molecule has 3 rings (SSSR count). The lowest BCUT2D eigenvalue weighted by Gasteiger charge is -2.38. The Balaban J connectivity index is 1.60. The summed E-state index contributed by atoms with van der Waals surface area (Å²) >= 11 is 6.87. The average molecular weight is 430 g/mol. The number of hydrogen-bond donors (Lipinski definition) is 2. The van der Waals surface area contributed by atoms with Crippen LogP contribution in [-0.4, -0.2) is 44.2 Å². The molecule has 2 aromatic heterocycles. The maximum atomic E-state index is 12.5. The number of thiophene rings is 1. The van der Waals surface area contributed by atoms with Crippen LogP contribution in [0.15, 0.2) is 40.9 Å². The van der Waals surface area contributed by atoms with Crippen LogP contribution in [-0.2, 0) is 10.0 Å². The van der Waals surface area contributed by atoms with Gasteiger partial charge in [0.25, 0.3) is 0 Å². The molecule has 0 aliphatic heterocycles. The van der Waals surface area contributed by atoms with Crippen molar-refractivity contribution in [1.29, 1.82) is 0 Å². The third kappa shape index (κ3) is 5.00. The first-order chi connectivity index (χ1) is 12.9. The minimum atomic E-state index is -3.67. The Morgan fingerprint density at radius 1 is 1.26 bits per heavy atom. The molecule has 148 valence electrons. The predicted molar refractivity (Wildman–Crippen MR) is 109 cm³/mol. The van der Waals surface area contributed by atoms with Crippen LogP contribution >= 0.6 is 22.9 Å². The molecule has 2 N–H and O–H groups in total. The highest BCUT2D eigenvalue weighted by molar-refractivity contribution is 7.91. The van der Waals surface area contributed by atoms with Crippen molar-refractivity contribution in [2.24, 2.45) is 5.92 Å². The third-order valence-electron chi connectivity index (χ3n) is 5.24. The molecule has 6 nitrogen and oxygen atoms in total. The number of sulfonamides is 1. The Labute approximate surface area is 169 Å². The van der Waals surface area contributed by atoms with Gasteiger partial charge in [-0.05, 0) is 55.9 Å². The molecular formula is C18H24ClN3O3S2. The van der Waals surface area contributed by atoms with Crippen molar-refractivity contribution >= 4 is 38.6 Å². The van der Waals surface area contributed by atoms with Crippen LogP contribution in [0.25, 0.3) is 0 Å². The van der Waals surface area contributed by atoms with E-state index >= 15 is 0 Å². The second kappa shape index (κ2) is 8.87. The zero-order valence-corrected chi connectivity index (χ0v) is 17.5. The quantitative estimate of drug-likeness (QED) is 0.706. The molecule has 2 heterocycles. The van der Waals surface area contributed by atoms with Crippen molar-refractivity contribution in [2.75, 3.05) is 18.6 Å². The molecule has 1 aliphatic rings. The second-order valence-corrected chi connectivity index (χ2v) is 10.5. The smallest absolute Gasteiger partial charge is 0.250 e. The summed E-state index contributed by atoms with van der Waals surface area (Å²) in [4.78, 5) is 6.31. The van der Waals surface area contributed by atoms with E-state index in [0.29, 0.717) is 10.4 Å². The second-order valence-electron chi connectivity index (χ2n) is 6.85. The summed E-state index contributed by atoms with van der Waals surface area (Å²) in [6.07, 6.45) is 7.19. The minimum Gasteiger partial charge on any atom is -0.395 e. The average Bonchev–Trinajstić information content (AvgIpc) is 3.14. The van der Waals surface area contributed by atoms with Gasteiger partial charge in [0.05, 0.1) is 10.9 Å². The standard InChI is InChI=1S/C18H24ClN3O3S2/c1-22(15-8-10-20-11-9-15)14-4-2-13(3-5-14)16(12-23)21-27(24,25)18-7-6-17(19)26-18/h6-11,13-14,16,21,23H,2-5,12H2,1H3/t13?,14?,16-/m1/s1. The molecule has 1 saturated carbocycles. The first-order valence-electron chi connectivity index (χ1n) is 8.92. The molecule has 1 fully saturated rings. The van der Waals surface area contributed by atoms with Gasteiger partial charge in [0.1, 0.15) is 4.21 Å². The molecule has 1 aliphatic carbocycles. The van der Waals surface area contributed by atoms with Crippen molar-refractivity contribution in [3.8, 4) is 0 Å². The number of aliphatic hydroxyl groups excluding tert-OH is 1. The third-order valence-corrected chi connectivity index (χ3v) is 8.46. The monoisotopic (exact) mass is 429 g/mol. The Kier molecular flexibility index (Phi) is 6.75. The van der Waals surface area contributed by atoms with Crippen LogP contribution in [0, 0.1) is 5.92 Å². The summed E-state index contributed by atoms with van der Waals surface area (Å²) in [6.45, 7) is -0.214. The number of halogens is 1. The summed E-state index contributed by atoms with van der Waals surface area (Å²) in [5, 5.41) is 9.78. The number of nitrogens with zero attached hydrogens (tertiary/aromatic N) is 2. The molecular weight excluding hydrogens is 406 g/mol. The molecule has 0 unspecified atom stereocenters. The lowest BCUT2D eigenvalue weighted by Crippen LogP contribution is -2.45. The van der Waals surface area contributed by atoms with Gasteiger partial charge in [-0.25, -0.2) is 13.1 Å². The first kappa shape index (κ1) is 20.5. The van der Waals surface area contributed by atoms with Crippen LogP contribution in [0.3, 0.4) is 0 Å². The molecule has 1 atom stereocenters. The van der Waals surface area contributed by atoms with Gasteiger partial charge in [-0.2, -0.15) is 0 Å². The summed E-state index contributed by atoms with van der Waals surface area (Å²) in [6, 6.07) is 6.95. The zero-order valence-electron chi connectivity index (χ0n) is 15.1. The number of nitrogens with one attached hydrogen (secondary N) is 1. The molecule has 9 heteroatoms. The minimum absolute atomic E-state index is 0.113. The molecule has 0 saturated heterocycles. The van der Waals surface area contributed by atoms with Crippen molar-refractivity contribution in [2.45, 2.75) is 42.0 Å². The van der Waals surface area contributed by atoms with E-state index in [0.717, 1.165) is 42.7 Å². The number of aliphatic hydroxyl groups is 1. The van der Waals surface area contributed by atoms with Gasteiger partial charge in [-0.1, -0.05) is 11.6 Å². The fourth-order valence-corrected chi connectivity index (χ4v) is 6.46. The van der Waals surface area contributed by atoms with Crippen LogP contribution in [0.4, 0.5) is 5.69 Å². The SMILES string of the molecule is CN(c1ccncc1)C1CCC([C@@H](CO)NS(=O)(=O)c2ccc(Cl)s2)CC1. The highest BCUT2D eigenvalue weighted by atomic mass is 35.5. The van der Waals surface area contributed by atoms with Crippen LogP contribution < -0.4 is 9.62 Å². The van der Waals surface area contributed by atoms with E-state index in [2.05, 4.69) is 21.7 Å². The lowest BCUT2D eigenvalue weighted by atomic mass is 9.81. The highest BCUT2D eigenvalue weighted by Gasteiger charge is 2.32. The molecule has 2 aromatic rings. The van der Waals surface area contributed by atoms with E-state index in [9.17, 15) is 13.5 Å². The van der Waals surface area contributed by atoms with Crippen molar-refractivity contribution in [3.63, 3.8) is 0 Å². The summed E-state index contributed by atoms with van der Waals surface area (Å²) < 4.78 is 28.3. The van der Waals surface area contributed by atoms with Gasteiger partial charge in [0, 0.05) is 37.2 Å². The Bertz CT molecular complexity index is 837. The van der Waals surface area contributed by atoms with Gasteiger partial charge in [-0.15, -0.1) is 11.3 Å². The van der Waals surface area contributed by atoms with Crippen LogP contribution in [0.1, 0.15) is 25.7 Å². The number of pyridine rings is 1. The van der Waals surface area contributed by atoms with E-state index in [1.54, 1.807) is 18.5 Å². The number of hydrogen-bond acceptors (Lipinski definition) is 6. The van der Waals surface area contributed by atoms with E-state index in [4.69, 9.17) is 11.6 Å². The first-order valence-corrected chi connectivity index (χ1v) is 11.6. The van der Waals surface area contributed by atoms with E-state index in [1.165, 1.54) is 6.07 Å². The van der Waals surface area contributed by atoms with E-state index < -0.39 is 16.1 Å². The number of rotatable bonds is 7. The highest BCUT2D eigenvalue weighted by Crippen LogP contribution is 2.32. The van der Waals surface area contributed by atoms with E-state index in [-0.39, 0.29) is 16.7 Å². The van der Waals surface area contributed by atoms with Gasteiger partial charge in [-0.3, -0.25) is 4.98 Å². The van der Waals surface area contributed by atoms with Crippen molar-refractivity contribution < 1.29 is 13.5 Å². The van der Waals surface area contributed by atoms with Gasteiger partial charge < -0.3 is 10.0 Å². The Hall–Kier alpha value is -1.19. The Morgan fingerprint density at radius 3 is 2.48 bits per heavy atom. The van der Waals surface area contributed by atoms with Crippen molar-refractivity contribution in [1.82, 2.24) is 9.71 Å². The van der Waals surface area contributed by atoms with Gasteiger partial charge in [0.15, 0.2) is 0 Å². The van der Waals surface area contributed by atoms with E-state index in [1.807, 2.05) is 12.1 Å². The lowest BCUT2D eigenvalue weighted by molar-refractivity contribution is 0.181. The largest absolute Gasteiger partial charge is 0.395 e. The van der Waals surface area contributed by atoms with Gasteiger partial charge in [0.2, 0.25) is 10.0 Å². The molecule has 0 radical (unpaired) electrons. The summed E-state index contributed by atoms with van der Waals surface area (Å²) in [5.74, 6) is 0.113. The molecule has 0 amide bonds. The Morgan fingerprint density at radius 2 is 1.93 bits per heavy atom. The number of aromatic nitrogens is 1. The van der Waals surface area contributed by atoms with Crippen LogP contribution in [0.5, 0.6) is 0 Å². The maximum Gasteiger partial charge on any atom is 0.250 e. The molecule has 27 heavy (non-hydrogen) atoms. The summed E-state index contributed by atoms with van der Waals surface area (Å²) in [5.41, 5.74) is 1.13. The zero-order chi connectivity index (χ0) is 19.4.